The lowest BCUT2D eigenvalue weighted by molar-refractivity contribution is -0.114. The molecule has 2 heterocycles. The van der Waals surface area contributed by atoms with E-state index in [2.05, 4.69) is 5.32 Å². The molecule has 2 amide bonds. The fourth-order valence-corrected chi connectivity index (χ4v) is 6.33. The Morgan fingerprint density at radius 2 is 1.68 bits per heavy atom. The molecule has 0 saturated carbocycles. The van der Waals surface area contributed by atoms with Gasteiger partial charge in [0, 0.05) is 13.1 Å². The number of anilines is 2. The Hall–Kier alpha value is -3.24. The molecule has 1 N–H and O–H groups in total. The molecule has 1 saturated heterocycles. The minimum atomic E-state index is -4.06. The van der Waals surface area contributed by atoms with Crippen LogP contribution in [0.25, 0.3) is 0 Å². The summed E-state index contributed by atoms with van der Waals surface area (Å²) in [6, 6.07) is 14.6. The van der Waals surface area contributed by atoms with E-state index in [4.69, 9.17) is 0 Å². The predicted molar refractivity (Wildman–Crippen MR) is 130 cm³/mol. The maximum Gasteiger partial charge on any atom is 0.274 e. The van der Waals surface area contributed by atoms with E-state index in [1.54, 1.807) is 40.6 Å². The van der Waals surface area contributed by atoms with Crippen molar-refractivity contribution >= 4 is 44.5 Å². The first kappa shape index (κ1) is 23.9. The number of rotatable bonds is 7. The van der Waals surface area contributed by atoms with Crippen LogP contribution < -0.4 is 9.62 Å². The van der Waals surface area contributed by atoms with Gasteiger partial charge in [0.15, 0.2) is 0 Å². The number of benzene rings is 2. The summed E-state index contributed by atoms with van der Waals surface area (Å²) in [6.45, 7) is 0.787. The van der Waals surface area contributed by atoms with Crippen molar-refractivity contribution in [1.82, 2.24) is 4.90 Å². The van der Waals surface area contributed by atoms with Crippen LogP contribution in [0.5, 0.6) is 0 Å². The third-order valence-electron chi connectivity index (χ3n) is 5.52. The second-order valence-corrected chi connectivity index (χ2v) is 10.9. The number of sulfonamides is 1. The van der Waals surface area contributed by atoms with E-state index < -0.39 is 28.3 Å². The molecular formula is C24H24FN3O4S2. The van der Waals surface area contributed by atoms with Crippen LogP contribution in [-0.4, -0.2) is 44.8 Å². The number of nitrogens with zero attached hydrogens (tertiary/aromatic N) is 2. The zero-order valence-electron chi connectivity index (χ0n) is 18.3. The monoisotopic (exact) mass is 501 g/mol. The van der Waals surface area contributed by atoms with Gasteiger partial charge in [-0.15, -0.1) is 11.3 Å². The lowest BCUT2D eigenvalue weighted by atomic mass is 10.1. The van der Waals surface area contributed by atoms with E-state index in [1.165, 1.54) is 18.2 Å². The highest BCUT2D eigenvalue weighted by Gasteiger charge is 2.29. The number of nitrogens with one attached hydrogen (secondary N) is 1. The van der Waals surface area contributed by atoms with Crippen molar-refractivity contribution in [3.8, 4) is 0 Å². The number of thiophene rings is 1. The molecule has 7 nitrogen and oxygen atoms in total. The molecule has 1 aromatic heterocycles. The van der Waals surface area contributed by atoms with Gasteiger partial charge < -0.3 is 10.2 Å². The van der Waals surface area contributed by atoms with Gasteiger partial charge in [-0.3, -0.25) is 13.9 Å². The highest BCUT2D eigenvalue weighted by molar-refractivity contribution is 7.94. The molecule has 34 heavy (non-hydrogen) atoms. The Balaban J connectivity index is 1.58. The fraction of sp³-hybridized carbons (Fsp3) is 0.250. The fourth-order valence-electron chi connectivity index (χ4n) is 3.81. The molecule has 1 fully saturated rings. The standard InChI is InChI=1S/C24H24FN3O4S2/c25-18-10-12-19(13-11-18)28(34(31,32)23-9-6-16-33-23)17-22(29)26-21-8-3-2-7-20(21)24(30)27-14-4-1-5-15-27/h2-3,6-13,16H,1,4-5,14-15,17H2,(H,26,29). The van der Waals surface area contributed by atoms with E-state index in [-0.39, 0.29) is 15.8 Å². The van der Waals surface area contributed by atoms with Crippen LogP contribution in [0, 0.1) is 5.82 Å². The van der Waals surface area contributed by atoms with Crippen LogP contribution in [0.15, 0.2) is 70.3 Å². The average molecular weight is 502 g/mol. The maximum atomic E-state index is 13.5. The Morgan fingerprint density at radius 1 is 0.971 bits per heavy atom. The van der Waals surface area contributed by atoms with E-state index in [1.807, 2.05) is 0 Å². The van der Waals surface area contributed by atoms with Crippen LogP contribution in [0.3, 0.4) is 0 Å². The molecule has 1 aliphatic rings. The molecular weight excluding hydrogens is 477 g/mol. The second kappa shape index (κ2) is 10.4. The lowest BCUT2D eigenvalue weighted by Gasteiger charge is -2.27. The van der Waals surface area contributed by atoms with Gasteiger partial charge in [-0.05, 0) is 67.1 Å². The summed E-state index contributed by atoms with van der Waals surface area (Å²) >= 11 is 1.02. The number of amides is 2. The van der Waals surface area contributed by atoms with Gasteiger partial charge in [-0.25, -0.2) is 12.8 Å². The average Bonchev–Trinajstić information content (AvgIpc) is 3.40. The van der Waals surface area contributed by atoms with E-state index >= 15 is 0 Å². The van der Waals surface area contributed by atoms with Crippen molar-refractivity contribution in [2.45, 2.75) is 23.5 Å². The van der Waals surface area contributed by atoms with Crippen molar-refractivity contribution in [2.75, 3.05) is 29.3 Å². The van der Waals surface area contributed by atoms with Crippen molar-refractivity contribution in [2.24, 2.45) is 0 Å². The largest absolute Gasteiger partial charge is 0.339 e. The first-order chi connectivity index (χ1) is 16.4. The van der Waals surface area contributed by atoms with Crippen LogP contribution in [-0.2, 0) is 14.8 Å². The minimum Gasteiger partial charge on any atom is -0.339 e. The summed E-state index contributed by atoms with van der Waals surface area (Å²) < 4.78 is 41.0. The van der Waals surface area contributed by atoms with Crippen molar-refractivity contribution < 1.29 is 22.4 Å². The Kier molecular flexibility index (Phi) is 7.28. The normalized spacial score (nSPS) is 14.0. The van der Waals surface area contributed by atoms with Crippen LogP contribution >= 0.6 is 11.3 Å². The van der Waals surface area contributed by atoms with E-state index in [0.29, 0.717) is 24.3 Å². The summed E-state index contributed by atoms with van der Waals surface area (Å²) in [5.74, 6) is -1.31. The minimum absolute atomic E-state index is 0.0605. The highest BCUT2D eigenvalue weighted by Crippen LogP contribution is 2.27. The SMILES string of the molecule is O=C(CN(c1ccc(F)cc1)S(=O)(=O)c1cccs1)Nc1ccccc1C(=O)N1CCCCC1. The van der Waals surface area contributed by atoms with Gasteiger partial charge >= 0.3 is 0 Å². The van der Waals surface area contributed by atoms with Crippen LogP contribution in [0.1, 0.15) is 29.6 Å². The molecule has 2 aromatic carbocycles. The number of hydrogen-bond acceptors (Lipinski definition) is 5. The molecule has 0 radical (unpaired) electrons. The maximum absolute atomic E-state index is 13.5. The zero-order chi connectivity index (χ0) is 24.1. The number of piperidine rings is 1. The second-order valence-electron chi connectivity index (χ2n) is 7.87. The zero-order valence-corrected chi connectivity index (χ0v) is 19.9. The molecule has 0 atom stereocenters. The summed E-state index contributed by atoms with van der Waals surface area (Å²) in [4.78, 5) is 27.8. The number of likely N-dealkylation sites (tertiary alicyclic amines) is 1. The third-order valence-corrected chi connectivity index (χ3v) is 8.66. The van der Waals surface area contributed by atoms with Crippen molar-refractivity contribution in [1.29, 1.82) is 0 Å². The first-order valence-electron chi connectivity index (χ1n) is 10.9. The molecule has 4 rings (SSSR count). The first-order valence-corrected chi connectivity index (χ1v) is 13.2. The lowest BCUT2D eigenvalue weighted by Crippen LogP contribution is -2.39. The Morgan fingerprint density at radius 3 is 2.35 bits per heavy atom. The molecule has 0 spiro atoms. The molecule has 3 aromatic rings. The van der Waals surface area contributed by atoms with Gasteiger partial charge in [-0.2, -0.15) is 0 Å². The van der Waals surface area contributed by atoms with Gasteiger partial charge in [0.2, 0.25) is 5.91 Å². The van der Waals surface area contributed by atoms with Gasteiger partial charge in [0.05, 0.1) is 16.9 Å². The van der Waals surface area contributed by atoms with Crippen LogP contribution in [0.4, 0.5) is 15.8 Å². The highest BCUT2D eigenvalue weighted by atomic mass is 32.2. The molecule has 10 heteroatoms. The molecule has 0 aliphatic carbocycles. The summed E-state index contributed by atoms with van der Waals surface area (Å²) in [5, 5.41) is 4.32. The number of carbonyl (C=O) groups excluding carboxylic acids is 2. The Bertz CT molecular complexity index is 1260. The molecule has 0 bridgehead atoms. The van der Waals surface area contributed by atoms with Crippen LogP contribution in [0.2, 0.25) is 0 Å². The summed E-state index contributed by atoms with van der Waals surface area (Å²) in [7, 11) is -4.06. The number of halogens is 1. The van der Waals surface area contributed by atoms with E-state index in [0.717, 1.165) is 47.0 Å². The quantitative estimate of drug-likeness (QED) is 0.522. The molecule has 178 valence electrons. The molecule has 1 aliphatic heterocycles. The molecule has 0 unspecified atom stereocenters. The predicted octanol–water partition coefficient (Wildman–Crippen LogP) is 4.35. The van der Waals surface area contributed by atoms with Crippen molar-refractivity contribution in [3.05, 3.63) is 77.4 Å². The van der Waals surface area contributed by atoms with E-state index in [9.17, 15) is 22.4 Å². The number of para-hydroxylation sites is 1. The number of carbonyl (C=O) groups is 2. The third kappa shape index (κ3) is 5.28. The summed E-state index contributed by atoms with van der Waals surface area (Å²) in [6.07, 6.45) is 2.96. The van der Waals surface area contributed by atoms with Crippen molar-refractivity contribution in [3.63, 3.8) is 0 Å². The summed E-state index contributed by atoms with van der Waals surface area (Å²) in [5.41, 5.74) is 0.825. The number of hydrogen-bond donors (Lipinski definition) is 1. The Labute approximate surface area is 201 Å². The topological polar surface area (TPSA) is 86.8 Å². The van der Waals surface area contributed by atoms with Gasteiger partial charge in [0.25, 0.3) is 15.9 Å². The van der Waals surface area contributed by atoms with Gasteiger partial charge in [0.1, 0.15) is 16.6 Å². The van der Waals surface area contributed by atoms with Gasteiger partial charge in [-0.1, -0.05) is 18.2 Å². The smallest absolute Gasteiger partial charge is 0.274 e.